The Labute approximate surface area is 151 Å². The molecular formula is C18H19Cl2NO3. The number of halogens is 2. The first-order valence-electron chi connectivity index (χ1n) is 7.64. The summed E-state index contributed by atoms with van der Waals surface area (Å²) < 4.78 is 10.9. The van der Waals surface area contributed by atoms with Gasteiger partial charge in [0.15, 0.2) is 0 Å². The number of rotatable bonds is 8. The predicted octanol–water partition coefficient (Wildman–Crippen LogP) is 4.13. The van der Waals surface area contributed by atoms with Crippen molar-refractivity contribution in [2.75, 3.05) is 19.8 Å². The van der Waals surface area contributed by atoms with Crippen molar-refractivity contribution in [2.24, 2.45) is 0 Å². The second-order valence-electron chi connectivity index (χ2n) is 5.03. The molecule has 0 spiro atoms. The minimum absolute atomic E-state index is 0.0938. The van der Waals surface area contributed by atoms with Crippen LogP contribution >= 0.6 is 23.2 Å². The molecule has 0 aliphatic rings. The number of hydrogen-bond acceptors (Lipinski definition) is 3. The van der Waals surface area contributed by atoms with Gasteiger partial charge in [0.05, 0.1) is 29.6 Å². The lowest BCUT2D eigenvalue weighted by Crippen LogP contribution is -2.29. The Hall–Kier alpha value is -1.91. The fraction of sp³-hybridized carbons (Fsp3) is 0.278. The molecule has 0 saturated heterocycles. The molecule has 0 unspecified atom stereocenters. The van der Waals surface area contributed by atoms with Crippen LogP contribution in [-0.2, 0) is 11.2 Å². The summed E-state index contributed by atoms with van der Waals surface area (Å²) in [6.07, 6.45) is 0.250. The first-order valence-corrected chi connectivity index (χ1v) is 8.40. The van der Waals surface area contributed by atoms with E-state index in [4.69, 9.17) is 32.7 Å². The maximum Gasteiger partial charge on any atom is 0.224 e. The number of carbonyl (C=O) groups excluding carboxylic acids is 1. The molecule has 2 aromatic rings. The molecule has 2 rings (SSSR count). The van der Waals surface area contributed by atoms with Crippen LogP contribution in [0, 0.1) is 0 Å². The third kappa shape index (κ3) is 5.95. The Morgan fingerprint density at radius 1 is 1.00 bits per heavy atom. The summed E-state index contributed by atoms with van der Waals surface area (Å²) in [6, 6.07) is 12.5. The van der Waals surface area contributed by atoms with Crippen molar-refractivity contribution in [1.82, 2.24) is 5.32 Å². The quantitative estimate of drug-likeness (QED) is 0.713. The minimum Gasteiger partial charge on any atom is -0.494 e. The summed E-state index contributed by atoms with van der Waals surface area (Å²) in [5.41, 5.74) is 0.814. The highest BCUT2D eigenvalue weighted by Gasteiger charge is 2.05. The van der Waals surface area contributed by atoms with E-state index in [0.717, 1.165) is 17.1 Å². The van der Waals surface area contributed by atoms with E-state index in [9.17, 15) is 4.79 Å². The third-order valence-electron chi connectivity index (χ3n) is 3.18. The Balaban J connectivity index is 1.69. The summed E-state index contributed by atoms with van der Waals surface area (Å²) in [5.74, 6) is 1.45. The molecule has 4 nitrogen and oxygen atoms in total. The van der Waals surface area contributed by atoms with Crippen molar-refractivity contribution >= 4 is 29.1 Å². The van der Waals surface area contributed by atoms with E-state index < -0.39 is 0 Å². The molecule has 1 amide bonds. The van der Waals surface area contributed by atoms with Gasteiger partial charge in [0.1, 0.15) is 18.1 Å². The summed E-state index contributed by atoms with van der Waals surface area (Å²) in [4.78, 5) is 11.9. The molecule has 0 fully saturated rings. The Bertz CT molecular complexity index is 674. The van der Waals surface area contributed by atoms with Gasteiger partial charge in [-0.05, 0) is 48.9 Å². The fourth-order valence-electron chi connectivity index (χ4n) is 2.06. The van der Waals surface area contributed by atoms with Crippen molar-refractivity contribution in [3.8, 4) is 11.5 Å². The van der Waals surface area contributed by atoms with E-state index in [1.54, 1.807) is 18.2 Å². The van der Waals surface area contributed by atoms with Crippen molar-refractivity contribution < 1.29 is 14.3 Å². The highest BCUT2D eigenvalue weighted by molar-refractivity contribution is 6.42. The van der Waals surface area contributed by atoms with E-state index in [2.05, 4.69) is 5.32 Å². The highest BCUT2D eigenvalue weighted by Crippen LogP contribution is 2.22. The molecule has 0 radical (unpaired) electrons. The highest BCUT2D eigenvalue weighted by atomic mass is 35.5. The Morgan fingerprint density at radius 2 is 1.67 bits per heavy atom. The van der Waals surface area contributed by atoms with Gasteiger partial charge in [0.25, 0.3) is 0 Å². The van der Waals surface area contributed by atoms with Crippen LogP contribution in [0.25, 0.3) is 0 Å². The van der Waals surface area contributed by atoms with Crippen LogP contribution in [-0.4, -0.2) is 25.7 Å². The number of ether oxygens (including phenoxy) is 2. The number of carbonyl (C=O) groups is 1. The second kappa shape index (κ2) is 9.40. The van der Waals surface area contributed by atoms with Crippen LogP contribution in [0.1, 0.15) is 12.5 Å². The van der Waals surface area contributed by atoms with Gasteiger partial charge in [0.2, 0.25) is 5.91 Å². The zero-order valence-electron chi connectivity index (χ0n) is 13.4. The van der Waals surface area contributed by atoms with Crippen LogP contribution in [0.4, 0.5) is 0 Å². The molecule has 128 valence electrons. The topological polar surface area (TPSA) is 47.6 Å². The van der Waals surface area contributed by atoms with Crippen molar-refractivity contribution in [1.29, 1.82) is 0 Å². The summed E-state index contributed by atoms with van der Waals surface area (Å²) >= 11 is 11.8. The largest absolute Gasteiger partial charge is 0.494 e. The van der Waals surface area contributed by atoms with E-state index in [0.29, 0.717) is 29.8 Å². The predicted molar refractivity (Wildman–Crippen MR) is 96.3 cm³/mol. The number of hydrogen-bond donors (Lipinski definition) is 1. The van der Waals surface area contributed by atoms with Gasteiger partial charge in [-0.25, -0.2) is 0 Å². The Kier molecular flexibility index (Phi) is 7.22. The van der Waals surface area contributed by atoms with Crippen LogP contribution in [0.15, 0.2) is 42.5 Å². The van der Waals surface area contributed by atoms with Gasteiger partial charge in [-0.15, -0.1) is 0 Å². The van der Waals surface area contributed by atoms with Gasteiger partial charge in [-0.1, -0.05) is 29.3 Å². The van der Waals surface area contributed by atoms with Gasteiger partial charge in [-0.2, -0.15) is 0 Å². The van der Waals surface area contributed by atoms with Crippen molar-refractivity contribution in [3.63, 3.8) is 0 Å². The standard InChI is InChI=1S/C18H19Cl2NO3/c1-2-23-14-4-6-15(7-5-14)24-10-9-21-18(22)12-13-3-8-16(19)17(20)11-13/h3-8,11H,2,9-10,12H2,1H3,(H,21,22). The Morgan fingerprint density at radius 3 is 2.29 bits per heavy atom. The zero-order valence-corrected chi connectivity index (χ0v) is 14.9. The SMILES string of the molecule is CCOc1ccc(OCCNC(=O)Cc2ccc(Cl)c(Cl)c2)cc1. The van der Waals surface area contributed by atoms with Gasteiger partial charge in [-0.3, -0.25) is 4.79 Å². The molecule has 2 aromatic carbocycles. The van der Waals surface area contributed by atoms with Crippen LogP contribution in [0.2, 0.25) is 10.0 Å². The average molecular weight is 368 g/mol. The average Bonchev–Trinajstić information content (AvgIpc) is 2.57. The van der Waals surface area contributed by atoms with E-state index >= 15 is 0 Å². The molecule has 6 heteroatoms. The number of nitrogens with one attached hydrogen (secondary N) is 1. The molecular weight excluding hydrogens is 349 g/mol. The molecule has 0 bridgehead atoms. The van der Waals surface area contributed by atoms with Crippen molar-refractivity contribution in [2.45, 2.75) is 13.3 Å². The lowest BCUT2D eigenvalue weighted by atomic mass is 10.1. The molecule has 0 atom stereocenters. The number of amides is 1. The smallest absolute Gasteiger partial charge is 0.224 e. The van der Waals surface area contributed by atoms with Gasteiger partial charge >= 0.3 is 0 Å². The van der Waals surface area contributed by atoms with E-state index in [-0.39, 0.29) is 12.3 Å². The third-order valence-corrected chi connectivity index (χ3v) is 3.92. The first kappa shape index (κ1) is 18.4. The second-order valence-corrected chi connectivity index (χ2v) is 5.84. The zero-order chi connectivity index (χ0) is 17.4. The molecule has 0 saturated carbocycles. The molecule has 0 aromatic heterocycles. The van der Waals surface area contributed by atoms with Crippen LogP contribution < -0.4 is 14.8 Å². The molecule has 24 heavy (non-hydrogen) atoms. The fourth-order valence-corrected chi connectivity index (χ4v) is 2.38. The number of benzene rings is 2. The normalized spacial score (nSPS) is 10.3. The molecule has 0 aliphatic heterocycles. The van der Waals surface area contributed by atoms with Gasteiger partial charge in [0, 0.05) is 0 Å². The molecule has 1 N–H and O–H groups in total. The lowest BCUT2D eigenvalue weighted by molar-refractivity contribution is -0.120. The van der Waals surface area contributed by atoms with Gasteiger partial charge < -0.3 is 14.8 Å². The summed E-state index contributed by atoms with van der Waals surface area (Å²) in [7, 11) is 0. The monoisotopic (exact) mass is 367 g/mol. The van der Waals surface area contributed by atoms with Crippen LogP contribution in [0.5, 0.6) is 11.5 Å². The summed E-state index contributed by atoms with van der Waals surface area (Å²) in [6.45, 7) is 3.38. The first-order chi connectivity index (χ1) is 11.6. The van der Waals surface area contributed by atoms with Crippen LogP contribution in [0.3, 0.4) is 0 Å². The lowest BCUT2D eigenvalue weighted by Gasteiger charge is -2.09. The van der Waals surface area contributed by atoms with E-state index in [1.165, 1.54) is 0 Å². The molecule has 0 aliphatic carbocycles. The molecule has 0 heterocycles. The minimum atomic E-state index is -0.0938. The van der Waals surface area contributed by atoms with E-state index in [1.807, 2.05) is 31.2 Å². The maximum absolute atomic E-state index is 11.9. The summed E-state index contributed by atoms with van der Waals surface area (Å²) in [5, 5.41) is 3.72. The van der Waals surface area contributed by atoms with Crippen molar-refractivity contribution in [3.05, 3.63) is 58.1 Å². The maximum atomic E-state index is 11.9.